The molecule has 8 heteroatoms. The first-order valence-electron chi connectivity index (χ1n) is 6.80. The molecule has 0 bridgehead atoms. The quantitative estimate of drug-likeness (QED) is 0.785. The molecule has 23 heavy (non-hydrogen) atoms. The van der Waals surface area contributed by atoms with E-state index in [0.717, 1.165) is 4.88 Å². The highest BCUT2D eigenvalue weighted by molar-refractivity contribution is 7.89. The number of carbonyl (C=O) groups is 1. The Morgan fingerprint density at radius 3 is 2.70 bits per heavy atom. The lowest BCUT2D eigenvalue weighted by molar-refractivity contribution is 0.0696. The first-order valence-corrected chi connectivity index (χ1v) is 9.12. The van der Waals surface area contributed by atoms with Gasteiger partial charge in [-0.3, -0.25) is 0 Å². The molecule has 0 fully saturated rings. The van der Waals surface area contributed by atoms with Crippen molar-refractivity contribution in [2.24, 2.45) is 0 Å². The first kappa shape index (κ1) is 17.6. The van der Waals surface area contributed by atoms with E-state index in [2.05, 4.69) is 0 Å². The summed E-state index contributed by atoms with van der Waals surface area (Å²) in [5, 5.41) is 10.9. The van der Waals surface area contributed by atoms with E-state index in [-0.39, 0.29) is 30.2 Å². The van der Waals surface area contributed by atoms with Gasteiger partial charge in [0, 0.05) is 25.1 Å². The Balaban J connectivity index is 2.34. The molecular weight excluding hydrogens is 338 g/mol. The lowest BCUT2D eigenvalue weighted by atomic mass is 10.2. The monoisotopic (exact) mass is 355 g/mol. The third-order valence-corrected chi connectivity index (χ3v) is 5.88. The van der Waals surface area contributed by atoms with Crippen molar-refractivity contribution in [2.75, 3.05) is 20.3 Å². The number of carboxylic acid groups (broad SMARTS) is 1. The first-order chi connectivity index (χ1) is 10.9. The van der Waals surface area contributed by atoms with Crippen LogP contribution in [-0.2, 0) is 21.3 Å². The van der Waals surface area contributed by atoms with Crippen LogP contribution in [0.2, 0.25) is 0 Å². The lowest BCUT2D eigenvalue weighted by Gasteiger charge is -2.21. The standard InChI is InChI=1S/C15H17NO5S2/c1-21-8-7-16(11-13-5-3-9-22-13)23(19,20)14-6-2-4-12(10-14)15(17)18/h2-6,9-10H,7-8,11H2,1H3,(H,17,18). The smallest absolute Gasteiger partial charge is 0.335 e. The van der Waals surface area contributed by atoms with Crippen molar-refractivity contribution in [3.8, 4) is 0 Å². The number of aromatic carboxylic acids is 1. The molecule has 0 radical (unpaired) electrons. The number of ether oxygens (including phenoxy) is 1. The van der Waals surface area contributed by atoms with Crippen molar-refractivity contribution < 1.29 is 23.1 Å². The Labute approximate surface area is 139 Å². The molecule has 0 atom stereocenters. The summed E-state index contributed by atoms with van der Waals surface area (Å²) in [6.45, 7) is 0.665. The molecule has 0 spiro atoms. The third kappa shape index (κ3) is 4.38. The molecule has 1 heterocycles. The third-order valence-electron chi connectivity index (χ3n) is 3.18. The maximum absolute atomic E-state index is 12.8. The Hall–Kier alpha value is -1.74. The van der Waals surface area contributed by atoms with Crippen LogP contribution in [-0.4, -0.2) is 44.1 Å². The zero-order valence-electron chi connectivity index (χ0n) is 12.5. The summed E-state index contributed by atoms with van der Waals surface area (Å²) in [7, 11) is -2.31. The normalized spacial score (nSPS) is 11.7. The number of carboxylic acids is 1. The summed E-state index contributed by atoms with van der Waals surface area (Å²) in [6.07, 6.45) is 0. The Kier molecular flexibility index (Phi) is 5.89. The number of thiophene rings is 1. The second-order valence-electron chi connectivity index (χ2n) is 4.74. The average molecular weight is 355 g/mol. The number of hydrogen-bond acceptors (Lipinski definition) is 5. The number of methoxy groups -OCH3 is 1. The van der Waals surface area contributed by atoms with Crippen molar-refractivity contribution in [2.45, 2.75) is 11.4 Å². The van der Waals surface area contributed by atoms with Gasteiger partial charge >= 0.3 is 5.97 Å². The molecule has 0 unspecified atom stereocenters. The van der Waals surface area contributed by atoms with Crippen LogP contribution in [0.15, 0.2) is 46.7 Å². The van der Waals surface area contributed by atoms with E-state index in [9.17, 15) is 13.2 Å². The van der Waals surface area contributed by atoms with E-state index in [1.807, 2.05) is 17.5 Å². The van der Waals surface area contributed by atoms with E-state index in [1.165, 1.54) is 47.0 Å². The molecule has 0 saturated carbocycles. The molecule has 124 valence electrons. The van der Waals surface area contributed by atoms with Crippen molar-refractivity contribution in [1.82, 2.24) is 4.31 Å². The highest BCUT2D eigenvalue weighted by Crippen LogP contribution is 2.21. The van der Waals surface area contributed by atoms with Crippen LogP contribution in [0.3, 0.4) is 0 Å². The van der Waals surface area contributed by atoms with Crippen LogP contribution in [0.5, 0.6) is 0 Å². The van der Waals surface area contributed by atoms with Crippen LogP contribution in [0.1, 0.15) is 15.2 Å². The Morgan fingerprint density at radius 2 is 2.09 bits per heavy atom. The average Bonchev–Trinajstić information content (AvgIpc) is 3.04. The van der Waals surface area contributed by atoms with Crippen molar-refractivity contribution >= 4 is 27.3 Å². The minimum atomic E-state index is -3.81. The number of hydrogen-bond donors (Lipinski definition) is 1. The van der Waals surface area contributed by atoms with Crippen molar-refractivity contribution in [3.63, 3.8) is 0 Å². The molecule has 6 nitrogen and oxygen atoms in total. The van der Waals surface area contributed by atoms with Crippen molar-refractivity contribution in [3.05, 3.63) is 52.2 Å². The predicted octanol–water partition coefficient (Wildman–Crippen LogP) is 2.28. The molecule has 0 aliphatic heterocycles. The van der Waals surface area contributed by atoms with E-state index in [1.54, 1.807) is 0 Å². The van der Waals surface area contributed by atoms with Gasteiger partial charge in [-0.2, -0.15) is 4.31 Å². The predicted molar refractivity (Wildman–Crippen MR) is 87.2 cm³/mol. The molecular formula is C15H17NO5S2. The van der Waals surface area contributed by atoms with Gasteiger partial charge in [0.1, 0.15) is 0 Å². The molecule has 0 aliphatic carbocycles. The number of rotatable bonds is 8. The van der Waals surface area contributed by atoms with Gasteiger partial charge in [0.25, 0.3) is 0 Å². The summed E-state index contributed by atoms with van der Waals surface area (Å²) in [6, 6.07) is 9.07. The van der Waals surface area contributed by atoms with Gasteiger partial charge in [0.05, 0.1) is 17.1 Å². The van der Waals surface area contributed by atoms with E-state index in [4.69, 9.17) is 9.84 Å². The summed E-state index contributed by atoms with van der Waals surface area (Å²) >= 11 is 1.46. The van der Waals surface area contributed by atoms with Crippen LogP contribution < -0.4 is 0 Å². The highest BCUT2D eigenvalue weighted by Gasteiger charge is 2.25. The second kappa shape index (κ2) is 7.69. The highest BCUT2D eigenvalue weighted by atomic mass is 32.2. The van der Waals surface area contributed by atoms with E-state index in [0.29, 0.717) is 0 Å². The molecule has 0 aliphatic rings. The van der Waals surface area contributed by atoms with Crippen LogP contribution >= 0.6 is 11.3 Å². The zero-order chi connectivity index (χ0) is 16.9. The number of nitrogens with zero attached hydrogens (tertiary/aromatic N) is 1. The van der Waals surface area contributed by atoms with Gasteiger partial charge in [0.2, 0.25) is 10.0 Å². The fourth-order valence-electron chi connectivity index (χ4n) is 1.99. The molecule has 2 rings (SSSR count). The van der Waals surface area contributed by atoms with E-state index >= 15 is 0 Å². The molecule has 0 amide bonds. The molecule has 1 N–H and O–H groups in total. The summed E-state index contributed by atoms with van der Waals surface area (Å²) < 4.78 is 31.9. The van der Waals surface area contributed by atoms with Gasteiger partial charge in [-0.25, -0.2) is 13.2 Å². The fraction of sp³-hybridized carbons (Fsp3) is 0.267. The lowest BCUT2D eigenvalue weighted by Crippen LogP contribution is -2.33. The maximum atomic E-state index is 12.8. The minimum absolute atomic E-state index is 0.0370. The minimum Gasteiger partial charge on any atom is -0.478 e. The molecule has 1 aromatic carbocycles. The van der Waals surface area contributed by atoms with Gasteiger partial charge in [-0.1, -0.05) is 12.1 Å². The summed E-state index contributed by atoms with van der Waals surface area (Å²) in [5.41, 5.74) is -0.0612. The van der Waals surface area contributed by atoms with Gasteiger partial charge in [-0.15, -0.1) is 11.3 Å². The number of benzene rings is 1. The van der Waals surface area contributed by atoms with Crippen LogP contribution in [0.4, 0.5) is 0 Å². The van der Waals surface area contributed by atoms with Crippen LogP contribution in [0.25, 0.3) is 0 Å². The van der Waals surface area contributed by atoms with Gasteiger partial charge in [0.15, 0.2) is 0 Å². The van der Waals surface area contributed by atoms with Crippen LogP contribution in [0, 0.1) is 0 Å². The number of sulfonamides is 1. The van der Waals surface area contributed by atoms with E-state index < -0.39 is 16.0 Å². The molecule has 1 aromatic heterocycles. The molecule has 0 saturated heterocycles. The Bertz CT molecular complexity index is 756. The van der Waals surface area contributed by atoms with Crippen molar-refractivity contribution in [1.29, 1.82) is 0 Å². The zero-order valence-corrected chi connectivity index (χ0v) is 14.1. The fourth-order valence-corrected chi connectivity index (χ4v) is 4.24. The van der Waals surface area contributed by atoms with Gasteiger partial charge < -0.3 is 9.84 Å². The SMILES string of the molecule is COCCN(Cc1cccs1)S(=O)(=O)c1cccc(C(=O)O)c1. The second-order valence-corrected chi connectivity index (χ2v) is 7.71. The largest absolute Gasteiger partial charge is 0.478 e. The maximum Gasteiger partial charge on any atom is 0.335 e. The molecule has 2 aromatic rings. The summed E-state index contributed by atoms with van der Waals surface area (Å²) in [5.74, 6) is -1.16. The topological polar surface area (TPSA) is 83.9 Å². The Morgan fingerprint density at radius 1 is 1.30 bits per heavy atom. The summed E-state index contributed by atoms with van der Waals surface area (Å²) in [4.78, 5) is 11.9. The van der Waals surface area contributed by atoms with Gasteiger partial charge in [-0.05, 0) is 29.6 Å².